The van der Waals surface area contributed by atoms with Gasteiger partial charge in [0.15, 0.2) is 21.1 Å². The second-order valence-corrected chi connectivity index (χ2v) is 14.4. The van der Waals surface area contributed by atoms with Crippen LogP contribution in [0.5, 0.6) is 0 Å². The zero-order valence-electron chi connectivity index (χ0n) is 12.2. The van der Waals surface area contributed by atoms with Crippen molar-refractivity contribution in [3.63, 3.8) is 0 Å². The topological polar surface area (TPSA) is 0 Å². The molecule has 1 aromatic rings. The quantitative estimate of drug-likeness (QED) is 0.297. The molecule has 0 aliphatic heterocycles. The Kier molecular flexibility index (Phi) is 7.38. The van der Waals surface area contributed by atoms with Crippen molar-refractivity contribution in [2.75, 3.05) is 0 Å². The predicted molar refractivity (Wildman–Crippen MR) is 120 cm³/mol. The van der Waals surface area contributed by atoms with E-state index >= 15 is 0 Å². The summed E-state index contributed by atoms with van der Waals surface area (Å²) < 4.78 is -10.8. The van der Waals surface area contributed by atoms with E-state index in [1.807, 2.05) is 0 Å². The minimum atomic E-state index is -2.35. The van der Waals surface area contributed by atoms with Crippen molar-refractivity contribution < 1.29 is 0 Å². The highest BCUT2D eigenvalue weighted by atomic mass is 35.6. The molecular formula is C14H8Cl12. The van der Waals surface area contributed by atoms with E-state index in [1.165, 1.54) is 0 Å². The van der Waals surface area contributed by atoms with E-state index < -0.39 is 38.3 Å². The molecule has 0 spiro atoms. The molecule has 148 valence electrons. The van der Waals surface area contributed by atoms with Gasteiger partial charge in [0.1, 0.15) is 0 Å². The van der Waals surface area contributed by atoms with Gasteiger partial charge in [-0.15, -0.1) is 11.6 Å². The summed E-state index contributed by atoms with van der Waals surface area (Å²) in [6, 6.07) is 8.51. The van der Waals surface area contributed by atoms with Gasteiger partial charge in [-0.3, -0.25) is 0 Å². The zero-order valence-corrected chi connectivity index (χ0v) is 21.3. The average Bonchev–Trinajstić information content (AvgIpc) is 2.44. The number of hydrogen-bond acceptors (Lipinski definition) is 0. The molecule has 0 N–H and O–H groups in total. The maximum absolute atomic E-state index is 6.88. The van der Waals surface area contributed by atoms with Crippen LogP contribution < -0.4 is 0 Å². The van der Waals surface area contributed by atoms with Gasteiger partial charge < -0.3 is 0 Å². The molecule has 0 saturated heterocycles. The molecule has 1 aliphatic carbocycles. The van der Waals surface area contributed by atoms with Crippen LogP contribution >= 0.6 is 139 Å². The summed E-state index contributed by atoms with van der Waals surface area (Å²) >= 11 is 76.5. The van der Waals surface area contributed by atoms with Crippen molar-refractivity contribution in [3.8, 4) is 0 Å². The molecule has 0 heterocycles. The van der Waals surface area contributed by atoms with Gasteiger partial charge in [-0.25, -0.2) is 0 Å². The molecule has 0 aromatic heterocycles. The summed E-state index contributed by atoms with van der Waals surface area (Å²) in [5, 5.41) is 0. The van der Waals surface area contributed by atoms with Crippen molar-refractivity contribution in [1.29, 1.82) is 0 Å². The minimum absolute atomic E-state index is 0.403. The van der Waals surface area contributed by atoms with Gasteiger partial charge in [-0.05, 0) is 5.56 Å². The van der Waals surface area contributed by atoms with Crippen molar-refractivity contribution in [2.45, 2.75) is 38.3 Å². The van der Waals surface area contributed by atoms with Crippen LogP contribution in [0, 0.1) is 0 Å². The number of hydrogen-bond donors (Lipinski definition) is 0. The number of rotatable bonds is 2. The van der Waals surface area contributed by atoms with Crippen molar-refractivity contribution >= 4 is 139 Å². The first kappa shape index (κ1) is 25.0. The fourth-order valence-electron chi connectivity index (χ4n) is 2.87. The van der Waals surface area contributed by atoms with Gasteiger partial charge in [-0.1, -0.05) is 158 Å². The second kappa shape index (κ2) is 7.68. The second-order valence-electron chi connectivity index (χ2n) is 5.85. The summed E-state index contributed by atoms with van der Waals surface area (Å²) in [4.78, 5) is -1.89. The van der Waals surface area contributed by atoms with E-state index in [-0.39, 0.29) is 0 Å². The average molecular weight is 602 g/mol. The molecule has 1 saturated carbocycles. The lowest BCUT2D eigenvalue weighted by atomic mass is 9.74. The smallest absolute Gasteiger partial charge is 0.115 e. The number of alkyl halides is 12. The van der Waals surface area contributed by atoms with Crippen LogP contribution in [0.2, 0.25) is 0 Å². The van der Waals surface area contributed by atoms with E-state index in [9.17, 15) is 0 Å². The lowest BCUT2D eigenvalue weighted by Crippen LogP contribution is -2.73. The Morgan fingerprint density at radius 1 is 0.692 bits per heavy atom. The van der Waals surface area contributed by atoms with Gasteiger partial charge in [-0.2, -0.15) is 0 Å². The Balaban J connectivity index is 2.79. The van der Waals surface area contributed by atoms with Crippen LogP contribution in [0.3, 0.4) is 0 Å². The van der Waals surface area contributed by atoms with E-state index in [1.54, 1.807) is 30.3 Å². The normalized spacial score (nSPS) is 30.6. The molecule has 2 rings (SSSR count). The summed E-state index contributed by atoms with van der Waals surface area (Å²) in [5.41, 5.74) is 0.484. The Morgan fingerprint density at radius 2 is 1.15 bits per heavy atom. The van der Waals surface area contributed by atoms with Gasteiger partial charge in [0.25, 0.3) is 0 Å². The fraction of sp³-hybridized carbons (Fsp3) is 0.571. The third-order valence-corrected chi connectivity index (χ3v) is 11.2. The molecule has 0 bridgehead atoms. The van der Waals surface area contributed by atoms with Gasteiger partial charge >= 0.3 is 0 Å². The zero-order chi connectivity index (χ0) is 20.4. The Morgan fingerprint density at radius 3 is 1.58 bits per heavy atom. The van der Waals surface area contributed by atoms with Crippen molar-refractivity contribution in [2.24, 2.45) is 0 Å². The van der Waals surface area contributed by atoms with E-state index in [4.69, 9.17) is 139 Å². The van der Waals surface area contributed by atoms with Crippen molar-refractivity contribution in [1.82, 2.24) is 0 Å². The molecule has 1 aliphatic rings. The standard InChI is InChI=1S/C14H8Cl12/c15-9(8(11(18,19)20)7-4-2-1-3-5-7)6-10(16,17)13(23,24)14(25,26)12(9,21)22/h1-5,8H,6H2. The highest BCUT2D eigenvalue weighted by Crippen LogP contribution is 2.75. The lowest BCUT2D eigenvalue weighted by molar-refractivity contribution is 0.281. The van der Waals surface area contributed by atoms with E-state index in [0.717, 1.165) is 0 Å². The first-order valence-corrected chi connectivity index (χ1v) is 11.3. The van der Waals surface area contributed by atoms with Gasteiger partial charge in [0.05, 0.1) is 10.8 Å². The van der Waals surface area contributed by atoms with Crippen LogP contribution in [0.4, 0.5) is 0 Å². The van der Waals surface area contributed by atoms with Crippen LogP contribution in [0.1, 0.15) is 17.9 Å². The summed E-state index contributed by atoms with van der Waals surface area (Å²) in [6.07, 6.45) is -0.403. The van der Waals surface area contributed by atoms with Crippen molar-refractivity contribution in [3.05, 3.63) is 35.9 Å². The number of halogens is 12. The lowest BCUT2D eigenvalue weighted by Gasteiger charge is -2.60. The van der Waals surface area contributed by atoms with Gasteiger partial charge in [0, 0.05) is 6.42 Å². The van der Waals surface area contributed by atoms with Crippen LogP contribution in [0.15, 0.2) is 30.3 Å². The van der Waals surface area contributed by atoms with Crippen LogP contribution in [-0.4, -0.2) is 26.0 Å². The first-order chi connectivity index (χ1) is 11.4. The highest BCUT2D eigenvalue weighted by molar-refractivity contribution is 6.76. The largest absolute Gasteiger partial charge is 0.199 e. The molecule has 0 amide bonds. The molecule has 2 atom stereocenters. The first-order valence-electron chi connectivity index (χ1n) is 6.75. The van der Waals surface area contributed by atoms with Crippen LogP contribution in [0.25, 0.3) is 0 Å². The minimum Gasteiger partial charge on any atom is -0.115 e. The monoisotopic (exact) mass is 596 g/mol. The van der Waals surface area contributed by atoms with Gasteiger partial charge in [0.2, 0.25) is 0 Å². The SMILES string of the molecule is ClC(Cl)(Cl)C(c1ccccc1)C1(Cl)CC(Cl)(Cl)C(Cl)(Cl)C(Cl)(Cl)C1(Cl)Cl. The van der Waals surface area contributed by atoms with Crippen LogP contribution in [-0.2, 0) is 0 Å². The summed E-state index contributed by atoms with van der Waals surface area (Å²) in [7, 11) is 0. The third-order valence-electron chi connectivity index (χ3n) is 4.17. The Hall–Kier alpha value is 2.70. The molecule has 12 heteroatoms. The van der Waals surface area contributed by atoms with E-state index in [2.05, 4.69) is 0 Å². The van der Waals surface area contributed by atoms with E-state index in [0.29, 0.717) is 5.56 Å². The summed E-state index contributed by atoms with van der Waals surface area (Å²) in [6.45, 7) is 0. The molecule has 0 radical (unpaired) electrons. The maximum atomic E-state index is 6.88. The third kappa shape index (κ3) is 3.74. The summed E-state index contributed by atoms with van der Waals surface area (Å²) in [5.74, 6) is -1.14. The predicted octanol–water partition coefficient (Wildman–Crippen LogP) is 9.22. The molecule has 0 nitrogen and oxygen atoms in total. The molecule has 2 unspecified atom stereocenters. The Bertz CT molecular complexity index is 662. The molecular weight excluding hydrogens is 594 g/mol. The molecule has 1 fully saturated rings. The Labute approximate surface area is 211 Å². The molecule has 1 aromatic carbocycles. The fourth-order valence-corrected chi connectivity index (χ4v) is 7.65. The maximum Gasteiger partial charge on any atom is 0.199 e. The molecule has 26 heavy (non-hydrogen) atoms. The number of benzene rings is 1. The highest BCUT2D eigenvalue weighted by Gasteiger charge is 2.81.